The van der Waals surface area contributed by atoms with Crippen molar-refractivity contribution in [3.05, 3.63) is 66.2 Å². The molecule has 1 heterocycles. The van der Waals surface area contributed by atoms with Crippen molar-refractivity contribution in [2.75, 3.05) is 6.61 Å². The quantitative estimate of drug-likeness (QED) is 0.779. The molecule has 0 aliphatic carbocycles. The van der Waals surface area contributed by atoms with Gasteiger partial charge in [-0.25, -0.2) is 4.39 Å². The Bertz CT molecular complexity index is 795. The minimum atomic E-state index is -0.495. The van der Waals surface area contributed by atoms with Crippen molar-refractivity contribution in [2.24, 2.45) is 0 Å². The molecule has 0 spiro atoms. The van der Waals surface area contributed by atoms with E-state index >= 15 is 0 Å². The standard InChI is InChI=1S/C18H16FNO3/c1-12(17-10-13-6-2-4-8-15(13)23-17)20-18(21)11-22-16-9-5-3-7-14(16)19/h2-10,12H,11H2,1H3,(H,20,21)/t12-/m0/s1. The lowest BCUT2D eigenvalue weighted by Crippen LogP contribution is -2.31. The van der Waals surface area contributed by atoms with Gasteiger partial charge in [0.05, 0.1) is 6.04 Å². The van der Waals surface area contributed by atoms with Crippen molar-refractivity contribution in [2.45, 2.75) is 13.0 Å². The van der Waals surface area contributed by atoms with Crippen LogP contribution in [0.1, 0.15) is 18.7 Å². The van der Waals surface area contributed by atoms with Gasteiger partial charge in [-0.2, -0.15) is 0 Å². The van der Waals surface area contributed by atoms with Crippen molar-refractivity contribution in [3.63, 3.8) is 0 Å². The lowest BCUT2D eigenvalue weighted by molar-refractivity contribution is -0.123. The molecule has 118 valence electrons. The number of nitrogens with one attached hydrogen (secondary N) is 1. The first-order chi connectivity index (χ1) is 11.1. The topological polar surface area (TPSA) is 51.5 Å². The first-order valence-corrected chi connectivity index (χ1v) is 7.28. The zero-order valence-corrected chi connectivity index (χ0v) is 12.6. The van der Waals surface area contributed by atoms with E-state index in [0.29, 0.717) is 5.76 Å². The van der Waals surface area contributed by atoms with Crippen LogP contribution in [0.2, 0.25) is 0 Å². The fourth-order valence-electron chi connectivity index (χ4n) is 2.28. The molecule has 4 nitrogen and oxygen atoms in total. The normalized spacial score (nSPS) is 12.1. The van der Waals surface area contributed by atoms with Gasteiger partial charge in [0.1, 0.15) is 11.3 Å². The van der Waals surface area contributed by atoms with E-state index in [0.717, 1.165) is 11.0 Å². The number of ether oxygens (including phenoxy) is 1. The van der Waals surface area contributed by atoms with Crippen LogP contribution >= 0.6 is 0 Å². The number of halogens is 1. The van der Waals surface area contributed by atoms with Crippen LogP contribution < -0.4 is 10.1 Å². The highest BCUT2D eigenvalue weighted by atomic mass is 19.1. The molecule has 5 heteroatoms. The molecule has 1 amide bonds. The van der Waals surface area contributed by atoms with Crippen LogP contribution in [0.15, 0.2) is 59.0 Å². The van der Waals surface area contributed by atoms with E-state index < -0.39 is 5.82 Å². The predicted molar refractivity (Wildman–Crippen MR) is 84.7 cm³/mol. The molecule has 0 fully saturated rings. The number of furan rings is 1. The van der Waals surface area contributed by atoms with Gasteiger partial charge >= 0.3 is 0 Å². The fraction of sp³-hybridized carbons (Fsp3) is 0.167. The molecule has 1 N–H and O–H groups in total. The Kier molecular flexibility index (Phi) is 4.28. The van der Waals surface area contributed by atoms with Crippen molar-refractivity contribution < 1.29 is 18.3 Å². The van der Waals surface area contributed by atoms with Crippen LogP contribution in [0.25, 0.3) is 11.0 Å². The van der Waals surface area contributed by atoms with Gasteiger partial charge in [-0.3, -0.25) is 4.79 Å². The average molecular weight is 313 g/mol. The Morgan fingerprint density at radius 1 is 1.22 bits per heavy atom. The maximum Gasteiger partial charge on any atom is 0.258 e. The minimum absolute atomic E-state index is 0.0547. The molecule has 23 heavy (non-hydrogen) atoms. The first kappa shape index (κ1) is 15.1. The summed E-state index contributed by atoms with van der Waals surface area (Å²) in [7, 11) is 0. The largest absolute Gasteiger partial charge is 0.481 e. The molecule has 0 saturated heterocycles. The summed E-state index contributed by atoms with van der Waals surface area (Å²) in [5.41, 5.74) is 0.770. The van der Waals surface area contributed by atoms with E-state index in [2.05, 4.69) is 5.32 Å². The highest BCUT2D eigenvalue weighted by Gasteiger charge is 2.15. The monoisotopic (exact) mass is 313 g/mol. The average Bonchev–Trinajstić information content (AvgIpc) is 2.98. The minimum Gasteiger partial charge on any atom is -0.481 e. The third-order valence-electron chi connectivity index (χ3n) is 3.44. The number of hydrogen-bond donors (Lipinski definition) is 1. The third kappa shape index (κ3) is 3.51. The summed E-state index contributed by atoms with van der Waals surface area (Å²) in [5.74, 6) is -0.128. The summed E-state index contributed by atoms with van der Waals surface area (Å²) in [4.78, 5) is 11.9. The number of carbonyl (C=O) groups is 1. The van der Waals surface area contributed by atoms with Gasteiger partial charge in [0.15, 0.2) is 18.2 Å². The Balaban J connectivity index is 1.60. The second kappa shape index (κ2) is 6.52. The summed E-state index contributed by atoms with van der Waals surface area (Å²) >= 11 is 0. The van der Waals surface area contributed by atoms with Gasteiger partial charge in [0.25, 0.3) is 5.91 Å². The number of fused-ring (bicyclic) bond motifs is 1. The first-order valence-electron chi connectivity index (χ1n) is 7.28. The lowest BCUT2D eigenvalue weighted by atomic mass is 10.2. The second-order valence-corrected chi connectivity index (χ2v) is 5.19. The molecular weight excluding hydrogens is 297 g/mol. The number of benzene rings is 2. The Morgan fingerprint density at radius 3 is 2.74 bits per heavy atom. The molecule has 0 aliphatic rings. The second-order valence-electron chi connectivity index (χ2n) is 5.19. The van der Waals surface area contributed by atoms with E-state index in [-0.39, 0.29) is 24.3 Å². The number of rotatable bonds is 5. The van der Waals surface area contributed by atoms with Gasteiger partial charge in [-0.1, -0.05) is 30.3 Å². The van der Waals surface area contributed by atoms with E-state index in [1.54, 1.807) is 12.1 Å². The van der Waals surface area contributed by atoms with Crippen molar-refractivity contribution >= 4 is 16.9 Å². The Labute approximate surface area is 132 Å². The fourth-order valence-corrected chi connectivity index (χ4v) is 2.28. The number of carbonyl (C=O) groups excluding carboxylic acids is 1. The van der Waals surface area contributed by atoms with E-state index in [9.17, 15) is 9.18 Å². The summed E-state index contributed by atoms with van der Waals surface area (Å²) in [6.45, 7) is 1.56. The van der Waals surface area contributed by atoms with E-state index in [1.807, 2.05) is 37.3 Å². The molecule has 2 aromatic carbocycles. The van der Waals surface area contributed by atoms with Crippen molar-refractivity contribution in [1.29, 1.82) is 0 Å². The number of hydrogen-bond acceptors (Lipinski definition) is 3. The molecule has 0 bridgehead atoms. The van der Waals surface area contributed by atoms with Crippen LogP contribution in [0.3, 0.4) is 0 Å². The van der Waals surface area contributed by atoms with Crippen molar-refractivity contribution in [3.8, 4) is 5.75 Å². The van der Waals surface area contributed by atoms with Crippen LogP contribution in [-0.2, 0) is 4.79 Å². The van der Waals surface area contributed by atoms with Gasteiger partial charge in [-0.05, 0) is 31.2 Å². The predicted octanol–water partition coefficient (Wildman–Crippen LogP) is 3.83. The lowest BCUT2D eigenvalue weighted by Gasteiger charge is -2.12. The molecular formula is C18H16FNO3. The maximum atomic E-state index is 13.4. The number of para-hydroxylation sites is 2. The number of amides is 1. The van der Waals surface area contributed by atoms with Gasteiger partial charge < -0.3 is 14.5 Å². The molecule has 1 atom stereocenters. The van der Waals surface area contributed by atoms with Crippen LogP contribution in [0.4, 0.5) is 4.39 Å². The van der Waals surface area contributed by atoms with E-state index in [1.165, 1.54) is 12.1 Å². The van der Waals surface area contributed by atoms with Crippen LogP contribution in [-0.4, -0.2) is 12.5 Å². The molecule has 1 aromatic heterocycles. The zero-order chi connectivity index (χ0) is 16.2. The highest BCUT2D eigenvalue weighted by molar-refractivity contribution is 5.79. The molecule has 0 saturated carbocycles. The maximum absolute atomic E-state index is 13.4. The molecule has 3 rings (SSSR count). The van der Waals surface area contributed by atoms with Crippen LogP contribution in [0, 0.1) is 5.82 Å². The van der Waals surface area contributed by atoms with E-state index in [4.69, 9.17) is 9.15 Å². The smallest absolute Gasteiger partial charge is 0.258 e. The molecule has 0 aliphatic heterocycles. The zero-order valence-electron chi connectivity index (χ0n) is 12.6. The van der Waals surface area contributed by atoms with Gasteiger partial charge in [-0.15, -0.1) is 0 Å². The molecule has 0 radical (unpaired) electrons. The third-order valence-corrected chi connectivity index (χ3v) is 3.44. The summed E-state index contributed by atoms with van der Waals surface area (Å²) in [5, 5.41) is 3.74. The Morgan fingerprint density at radius 2 is 1.96 bits per heavy atom. The van der Waals surface area contributed by atoms with Gasteiger partial charge in [0.2, 0.25) is 0 Å². The van der Waals surface area contributed by atoms with Crippen LogP contribution in [0.5, 0.6) is 5.75 Å². The van der Waals surface area contributed by atoms with Crippen molar-refractivity contribution in [1.82, 2.24) is 5.32 Å². The summed E-state index contributed by atoms with van der Waals surface area (Å²) in [6.07, 6.45) is 0. The summed E-state index contributed by atoms with van der Waals surface area (Å²) < 4.78 is 24.3. The highest BCUT2D eigenvalue weighted by Crippen LogP contribution is 2.23. The summed E-state index contributed by atoms with van der Waals surface area (Å²) in [6, 6.07) is 15.2. The Hall–Kier alpha value is -2.82. The molecule has 3 aromatic rings. The molecule has 0 unspecified atom stereocenters. The SMILES string of the molecule is C[C@H](NC(=O)COc1ccccc1F)c1cc2ccccc2o1. The van der Waals surface area contributed by atoms with Gasteiger partial charge in [0, 0.05) is 5.39 Å².